The molecule has 0 heterocycles. The normalized spacial score (nSPS) is 12.8. The highest BCUT2D eigenvalue weighted by molar-refractivity contribution is 7.53. The highest BCUT2D eigenvalue weighted by Gasteiger charge is 2.45. The van der Waals surface area contributed by atoms with E-state index >= 15 is 0 Å². The first kappa shape index (κ1) is 14.4. The van der Waals surface area contributed by atoms with Crippen LogP contribution < -0.4 is 0 Å². The number of benzene rings is 1. The molecule has 0 radical (unpaired) electrons. The molecule has 0 saturated heterocycles. The van der Waals surface area contributed by atoms with Gasteiger partial charge in [0.25, 0.3) is 0 Å². The van der Waals surface area contributed by atoms with E-state index in [-0.39, 0.29) is 6.61 Å². The Balaban J connectivity index is 3.27. The number of aliphatic hydroxyl groups excluding tert-OH is 1. The summed E-state index contributed by atoms with van der Waals surface area (Å²) in [6, 6.07) is 6.78. The Morgan fingerprint density at radius 2 is 1.59 bits per heavy atom. The minimum atomic E-state index is -4.21. The second-order valence-corrected chi connectivity index (χ2v) is 6.08. The Bertz CT molecular complexity index is 403. The number of hydrogen-bond donors (Lipinski definition) is 3. The van der Waals surface area contributed by atoms with Gasteiger partial charge in [0.05, 0.1) is 11.8 Å². The van der Waals surface area contributed by atoms with Crippen molar-refractivity contribution in [2.45, 2.75) is 38.5 Å². The quantitative estimate of drug-likeness (QED) is 0.708. The molecule has 1 aromatic rings. The second kappa shape index (κ2) is 5.32. The summed E-state index contributed by atoms with van der Waals surface area (Å²) in [6.45, 7) is 3.49. The van der Waals surface area contributed by atoms with Crippen molar-refractivity contribution < 1.29 is 19.5 Å². The molecule has 0 spiro atoms. The van der Waals surface area contributed by atoms with E-state index in [9.17, 15) is 14.4 Å². The van der Waals surface area contributed by atoms with Crippen LogP contribution in [0.1, 0.15) is 37.8 Å². The summed E-state index contributed by atoms with van der Waals surface area (Å²) in [5.74, 6) is 0. The van der Waals surface area contributed by atoms with Crippen LogP contribution in [0.4, 0.5) is 0 Å². The van der Waals surface area contributed by atoms with E-state index < -0.39 is 12.8 Å². The van der Waals surface area contributed by atoms with E-state index in [4.69, 9.17) is 5.11 Å². The molecule has 0 aromatic heterocycles. The Kier molecular flexibility index (Phi) is 4.50. The van der Waals surface area contributed by atoms with Crippen LogP contribution in [-0.4, -0.2) is 14.9 Å². The first-order valence-electron chi connectivity index (χ1n) is 5.67. The lowest BCUT2D eigenvalue weighted by atomic mass is 9.92. The highest BCUT2D eigenvalue weighted by atomic mass is 31.2. The fraction of sp³-hybridized carbons (Fsp3) is 0.500. The molecular formula is C12H19O4P. The summed E-state index contributed by atoms with van der Waals surface area (Å²) in [5.41, 5.74) is 1.37. The minimum absolute atomic E-state index is 0.0680. The van der Waals surface area contributed by atoms with E-state index in [1.807, 2.05) is 0 Å². The van der Waals surface area contributed by atoms with E-state index in [1.165, 1.54) is 0 Å². The van der Waals surface area contributed by atoms with E-state index in [0.29, 0.717) is 18.4 Å². The van der Waals surface area contributed by atoms with Crippen molar-refractivity contribution in [1.29, 1.82) is 0 Å². The number of hydrogen-bond acceptors (Lipinski definition) is 2. The molecule has 1 aromatic carbocycles. The largest absolute Gasteiger partial charge is 0.392 e. The van der Waals surface area contributed by atoms with Crippen LogP contribution in [0.2, 0.25) is 0 Å². The van der Waals surface area contributed by atoms with Crippen LogP contribution in [0, 0.1) is 0 Å². The van der Waals surface area contributed by atoms with Gasteiger partial charge in [0.15, 0.2) is 0 Å². The standard InChI is InChI=1S/C12H19O4P/c1-3-12(4-2,17(14,15)16)11-7-5-10(9-13)6-8-11/h5-8,13H,3-4,9H2,1-2H3,(H2,14,15,16). The smallest absolute Gasteiger partial charge is 0.335 e. The molecule has 0 bridgehead atoms. The highest BCUT2D eigenvalue weighted by Crippen LogP contribution is 2.60. The summed E-state index contributed by atoms with van der Waals surface area (Å²) in [6.07, 6.45) is 0.762. The lowest BCUT2D eigenvalue weighted by molar-refractivity contribution is 0.281. The summed E-state index contributed by atoms with van der Waals surface area (Å²) in [5, 5.41) is 7.84. The average Bonchev–Trinajstić information content (AvgIpc) is 2.30. The zero-order valence-corrected chi connectivity index (χ0v) is 11.0. The predicted octanol–water partition coefficient (Wildman–Crippen LogP) is 2.37. The third-order valence-electron chi connectivity index (χ3n) is 3.40. The molecule has 0 aliphatic heterocycles. The van der Waals surface area contributed by atoms with Gasteiger partial charge in [-0.3, -0.25) is 4.57 Å². The monoisotopic (exact) mass is 258 g/mol. The Morgan fingerprint density at radius 1 is 1.12 bits per heavy atom. The van der Waals surface area contributed by atoms with Crippen molar-refractivity contribution in [1.82, 2.24) is 0 Å². The maximum atomic E-state index is 11.7. The SMILES string of the molecule is CCC(CC)(c1ccc(CO)cc1)P(=O)(O)O. The van der Waals surface area contributed by atoms with Gasteiger partial charge in [-0.25, -0.2) is 0 Å². The van der Waals surface area contributed by atoms with Crippen molar-refractivity contribution >= 4 is 7.60 Å². The van der Waals surface area contributed by atoms with Gasteiger partial charge in [-0.15, -0.1) is 0 Å². The molecular weight excluding hydrogens is 239 g/mol. The summed E-state index contributed by atoms with van der Waals surface area (Å²) in [7, 11) is -4.21. The Labute approximate surface area is 101 Å². The number of rotatable bonds is 5. The summed E-state index contributed by atoms with van der Waals surface area (Å²) < 4.78 is 11.7. The lowest BCUT2D eigenvalue weighted by Crippen LogP contribution is -2.24. The molecule has 96 valence electrons. The molecule has 0 aliphatic rings. The van der Waals surface area contributed by atoms with Crippen LogP contribution in [0.15, 0.2) is 24.3 Å². The van der Waals surface area contributed by atoms with Crippen LogP contribution in [-0.2, 0) is 16.3 Å². The van der Waals surface area contributed by atoms with Crippen LogP contribution in [0.3, 0.4) is 0 Å². The zero-order chi connectivity index (χ0) is 13.1. The number of aliphatic hydroxyl groups is 1. The first-order valence-corrected chi connectivity index (χ1v) is 7.28. The van der Waals surface area contributed by atoms with Gasteiger partial charge in [0.2, 0.25) is 0 Å². The van der Waals surface area contributed by atoms with Gasteiger partial charge in [-0.1, -0.05) is 38.1 Å². The Hall–Kier alpha value is -0.670. The molecule has 3 N–H and O–H groups in total. The van der Waals surface area contributed by atoms with Crippen molar-refractivity contribution in [3.05, 3.63) is 35.4 Å². The van der Waals surface area contributed by atoms with Gasteiger partial charge < -0.3 is 14.9 Å². The maximum absolute atomic E-state index is 11.7. The molecule has 0 saturated carbocycles. The van der Waals surface area contributed by atoms with Gasteiger partial charge in [-0.05, 0) is 24.0 Å². The fourth-order valence-corrected chi connectivity index (χ4v) is 3.47. The van der Waals surface area contributed by atoms with E-state index in [1.54, 1.807) is 38.1 Å². The fourth-order valence-electron chi connectivity index (χ4n) is 2.16. The maximum Gasteiger partial charge on any atom is 0.335 e. The van der Waals surface area contributed by atoms with E-state index in [0.717, 1.165) is 5.56 Å². The molecule has 0 aliphatic carbocycles. The van der Waals surface area contributed by atoms with Gasteiger partial charge >= 0.3 is 7.60 Å². The van der Waals surface area contributed by atoms with Gasteiger partial charge in [0.1, 0.15) is 0 Å². The van der Waals surface area contributed by atoms with Crippen LogP contribution >= 0.6 is 7.60 Å². The topological polar surface area (TPSA) is 77.8 Å². The molecule has 1 rings (SSSR count). The van der Waals surface area contributed by atoms with Crippen molar-refractivity contribution in [2.75, 3.05) is 0 Å². The Morgan fingerprint density at radius 3 is 1.88 bits per heavy atom. The zero-order valence-electron chi connectivity index (χ0n) is 10.1. The third kappa shape index (κ3) is 2.61. The lowest BCUT2D eigenvalue weighted by Gasteiger charge is -2.32. The van der Waals surface area contributed by atoms with Crippen LogP contribution in [0.5, 0.6) is 0 Å². The first-order chi connectivity index (χ1) is 7.91. The van der Waals surface area contributed by atoms with Crippen molar-refractivity contribution in [2.24, 2.45) is 0 Å². The molecule has 17 heavy (non-hydrogen) atoms. The molecule has 4 nitrogen and oxygen atoms in total. The van der Waals surface area contributed by atoms with Gasteiger partial charge in [0, 0.05) is 0 Å². The minimum Gasteiger partial charge on any atom is -0.392 e. The second-order valence-electron chi connectivity index (χ2n) is 4.14. The average molecular weight is 258 g/mol. The van der Waals surface area contributed by atoms with E-state index in [2.05, 4.69) is 0 Å². The summed E-state index contributed by atoms with van der Waals surface area (Å²) in [4.78, 5) is 19.1. The third-order valence-corrected chi connectivity index (χ3v) is 5.41. The molecule has 0 atom stereocenters. The van der Waals surface area contributed by atoms with Crippen molar-refractivity contribution in [3.63, 3.8) is 0 Å². The molecule has 0 fully saturated rings. The molecule has 5 heteroatoms. The molecule has 0 amide bonds. The van der Waals surface area contributed by atoms with Crippen molar-refractivity contribution in [3.8, 4) is 0 Å². The summed E-state index contributed by atoms with van der Waals surface area (Å²) >= 11 is 0. The molecule has 0 unspecified atom stereocenters. The predicted molar refractivity (Wildman–Crippen MR) is 66.7 cm³/mol. The van der Waals surface area contributed by atoms with Crippen LogP contribution in [0.25, 0.3) is 0 Å². The van der Waals surface area contributed by atoms with Gasteiger partial charge in [-0.2, -0.15) is 0 Å².